The Morgan fingerprint density at radius 1 is 1.19 bits per heavy atom. The van der Waals surface area contributed by atoms with E-state index in [0.29, 0.717) is 13.0 Å². The molecular weight excluding hydrogens is 264 g/mol. The largest absolute Gasteiger partial charge is 0.347 e. The lowest BCUT2D eigenvalue weighted by Crippen LogP contribution is -2.43. The summed E-state index contributed by atoms with van der Waals surface area (Å²) in [4.78, 5) is 25.6. The van der Waals surface area contributed by atoms with E-state index in [0.717, 1.165) is 18.4 Å². The molecule has 0 aliphatic rings. The van der Waals surface area contributed by atoms with Gasteiger partial charge in [-0.3, -0.25) is 9.59 Å². The Kier molecular flexibility index (Phi) is 7.51. The number of unbranched alkanes of at least 4 members (excludes halogenated alkanes) is 1. The number of amides is 2. The van der Waals surface area contributed by atoms with E-state index in [1.165, 1.54) is 0 Å². The van der Waals surface area contributed by atoms with E-state index in [1.54, 1.807) is 4.90 Å². The molecule has 0 radical (unpaired) electrons. The monoisotopic (exact) mass is 290 g/mol. The Morgan fingerprint density at radius 2 is 1.86 bits per heavy atom. The first kappa shape index (κ1) is 17.2. The molecule has 4 nitrogen and oxygen atoms in total. The fraction of sp³-hybridized carbons (Fsp3) is 0.529. The summed E-state index contributed by atoms with van der Waals surface area (Å²) in [5.74, 6) is -0.0904. The van der Waals surface area contributed by atoms with E-state index >= 15 is 0 Å². The minimum Gasteiger partial charge on any atom is -0.347 e. The molecule has 0 fully saturated rings. The molecule has 0 aromatic heterocycles. The Balaban J connectivity index is 2.52. The van der Waals surface area contributed by atoms with Crippen LogP contribution in [0.15, 0.2) is 30.3 Å². The van der Waals surface area contributed by atoms with Gasteiger partial charge in [-0.05, 0) is 25.8 Å². The highest BCUT2D eigenvalue weighted by atomic mass is 16.2. The zero-order valence-electron chi connectivity index (χ0n) is 13.3. The van der Waals surface area contributed by atoms with Gasteiger partial charge in [0, 0.05) is 19.0 Å². The van der Waals surface area contributed by atoms with Crippen molar-refractivity contribution in [2.24, 2.45) is 0 Å². The lowest BCUT2D eigenvalue weighted by molar-refractivity contribution is -0.134. The number of nitrogens with one attached hydrogen (secondary N) is 1. The minimum absolute atomic E-state index is 0.0429. The number of hydrogen-bond acceptors (Lipinski definition) is 2. The van der Waals surface area contributed by atoms with Crippen LogP contribution in [0.1, 0.15) is 45.6 Å². The van der Waals surface area contributed by atoms with Crippen LogP contribution in [0, 0.1) is 0 Å². The molecule has 1 aromatic rings. The van der Waals surface area contributed by atoms with E-state index in [-0.39, 0.29) is 24.4 Å². The van der Waals surface area contributed by atoms with Gasteiger partial charge in [0.25, 0.3) is 0 Å². The van der Waals surface area contributed by atoms with Crippen molar-refractivity contribution < 1.29 is 9.59 Å². The van der Waals surface area contributed by atoms with Crippen LogP contribution in [0.25, 0.3) is 0 Å². The summed E-state index contributed by atoms with van der Waals surface area (Å²) in [7, 11) is 0. The number of carbonyl (C=O) groups is 2. The van der Waals surface area contributed by atoms with E-state index in [2.05, 4.69) is 5.32 Å². The van der Waals surface area contributed by atoms with Gasteiger partial charge in [0.1, 0.15) is 0 Å². The fourth-order valence-corrected chi connectivity index (χ4v) is 2.04. The minimum atomic E-state index is -0.0476. The zero-order chi connectivity index (χ0) is 15.7. The summed E-state index contributed by atoms with van der Waals surface area (Å²) < 4.78 is 0. The Labute approximate surface area is 127 Å². The van der Waals surface area contributed by atoms with Crippen LogP contribution in [0.3, 0.4) is 0 Å². The number of carbonyl (C=O) groups excluding carboxylic acids is 2. The molecule has 1 aromatic carbocycles. The summed E-state index contributed by atoms with van der Waals surface area (Å²) in [6.07, 6.45) is 2.33. The molecule has 1 rings (SSSR count). The SMILES string of the molecule is CCCCC(=O)NCC(=O)N(Cc1ccccc1)C(C)C. The van der Waals surface area contributed by atoms with Gasteiger partial charge in [0.15, 0.2) is 0 Å². The summed E-state index contributed by atoms with van der Waals surface area (Å²) in [5.41, 5.74) is 1.09. The van der Waals surface area contributed by atoms with E-state index in [4.69, 9.17) is 0 Å². The Hall–Kier alpha value is -1.84. The van der Waals surface area contributed by atoms with Crippen molar-refractivity contribution in [2.45, 2.75) is 52.6 Å². The van der Waals surface area contributed by atoms with Crippen LogP contribution in [0.4, 0.5) is 0 Å². The molecule has 0 aliphatic heterocycles. The zero-order valence-corrected chi connectivity index (χ0v) is 13.3. The fourth-order valence-electron chi connectivity index (χ4n) is 2.04. The molecule has 0 saturated carbocycles. The highest BCUT2D eigenvalue weighted by Gasteiger charge is 2.17. The smallest absolute Gasteiger partial charge is 0.242 e. The second-order valence-electron chi connectivity index (χ2n) is 5.48. The molecule has 0 aliphatic carbocycles. The van der Waals surface area contributed by atoms with Crippen molar-refractivity contribution in [3.8, 4) is 0 Å². The third-order valence-corrected chi connectivity index (χ3v) is 3.33. The van der Waals surface area contributed by atoms with Crippen LogP contribution in [0.2, 0.25) is 0 Å². The maximum Gasteiger partial charge on any atom is 0.242 e. The Bertz CT molecular complexity index is 443. The van der Waals surface area contributed by atoms with Gasteiger partial charge in [-0.15, -0.1) is 0 Å². The molecule has 0 spiro atoms. The number of nitrogens with zero attached hydrogens (tertiary/aromatic N) is 1. The predicted octanol–water partition coefficient (Wildman–Crippen LogP) is 2.73. The average Bonchev–Trinajstić information content (AvgIpc) is 2.48. The highest BCUT2D eigenvalue weighted by molar-refractivity contribution is 5.84. The normalized spacial score (nSPS) is 10.5. The quantitative estimate of drug-likeness (QED) is 0.800. The third kappa shape index (κ3) is 6.43. The summed E-state index contributed by atoms with van der Waals surface area (Å²) >= 11 is 0. The van der Waals surface area contributed by atoms with Gasteiger partial charge in [-0.1, -0.05) is 43.7 Å². The van der Waals surface area contributed by atoms with Gasteiger partial charge in [0.05, 0.1) is 6.54 Å². The van der Waals surface area contributed by atoms with Crippen LogP contribution in [-0.2, 0) is 16.1 Å². The van der Waals surface area contributed by atoms with Crippen molar-refractivity contribution in [1.29, 1.82) is 0 Å². The molecule has 0 heterocycles. The van der Waals surface area contributed by atoms with Crippen LogP contribution >= 0.6 is 0 Å². The van der Waals surface area contributed by atoms with Gasteiger partial charge >= 0.3 is 0 Å². The van der Waals surface area contributed by atoms with Crippen LogP contribution < -0.4 is 5.32 Å². The highest BCUT2D eigenvalue weighted by Crippen LogP contribution is 2.08. The summed E-state index contributed by atoms with van der Waals surface area (Å²) in [6.45, 7) is 6.66. The lowest BCUT2D eigenvalue weighted by atomic mass is 10.2. The molecular formula is C17H26N2O2. The molecule has 0 atom stereocenters. The second-order valence-corrected chi connectivity index (χ2v) is 5.48. The standard InChI is InChI=1S/C17H26N2O2/c1-4-5-11-16(20)18-12-17(21)19(14(2)3)13-15-9-7-6-8-10-15/h6-10,14H,4-5,11-13H2,1-3H3,(H,18,20). The first-order valence-electron chi connectivity index (χ1n) is 7.64. The third-order valence-electron chi connectivity index (χ3n) is 3.33. The summed E-state index contributed by atoms with van der Waals surface area (Å²) in [5, 5.41) is 2.71. The van der Waals surface area contributed by atoms with E-state index in [1.807, 2.05) is 51.1 Å². The van der Waals surface area contributed by atoms with Gasteiger partial charge in [-0.2, -0.15) is 0 Å². The van der Waals surface area contributed by atoms with Gasteiger partial charge in [0.2, 0.25) is 11.8 Å². The van der Waals surface area contributed by atoms with Crippen molar-refractivity contribution in [3.63, 3.8) is 0 Å². The van der Waals surface area contributed by atoms with Gasteiger partial charge in [-0.25, -0.2) is 0 Å². The Morgan fingerprint density at radius 3 is 2.43 bits per heavy atom. The first-order valence-corrected chi connectivity index (χ1v) is 7.64. The second kappa shape index (κ2) is 9.16. The number of hydrogen-bond donors (Lipinski definition) is 1. The maximum atomic E-state index is 12.3. The van der Waals surface area contributed by atoms with Crippen LogP contribution in [0.5, 0.6) is 0 Å². The molecule has 0 saturated heterocycles. The van der Waals surface area contributed by atoms with E-state index in [9.17, 15) is 9.59 Å². The molecule has 1 N–H and O–H groups in total. The number of rotatable bonds is 8. The topological polar surface area (TPSA) is 49.4 Å². The molecule has 2 amide bonds. The van der Waals surface area contributed by atoms with Crippen molar-refractivity contribution in [1.82, 2.24) is 10.2 Å². The van der Waals surface area contributed by atoms with Crippen molar-refractivity contribution >= 4 is 11.8 Å². The number of benzene rings is 1. The van der Waals surface area contributed by atoms with Crippen molar-refractivity contribution in [2.75, 3.05) is 6.54 Å². The molecule has 21 heavy (non-hydrogen) atoms. The maximum absolute atomic E-state index is 12.3. The molecule has 0 bridgehead atoms. The van der Waals surface area contributed by atoms with Crippen LogP contribution in [-0.4, -0.2) is 29.3 Å². The molecule has 116 valence electrons. The average molecular weight is 290 g/mol. The van der Waals surface area contributed by atoms with Crippen molar-refractivity contribution in [3.05, 3.63) is 35.9 Å². The first-order chi connectivity index (χ1) is 10.0. The van der Waals surface area contributed by atoms with E-state index < -0.39 is 0 Å². The summed E-state index contributed by atoms with van der Waals surface area (Å²) in [6, 6.07) is 9.99. The molecule has 4 heteroatoms. The molecule has 0 unspecified atom stereocenters. The lowest BCUT2D eigenvalue weighted by Gasteiger charge is -2.27. The predicted molar refractivity (Wildman–Crippen MR) is 84.7 cm³/mol. The van der Waals surface area contributed by atoms with Gasteiger partial charge < -0.3 is 10.2 Å².